The fourth-order valence-corrected chi connectivity index (χ4v) is 2.27. The second-order valence-electron chi connectivity index (χ2n) is 4.83. The van der Waals surface area contributed by atoms with Gasteiger partial charge in [0, 0.05) is 18.3 Å². The minimum Gasteiger partial charge on any atom is -0.395 e. The molecule has 0 aliphatic carbocycles. The fraction of sp³-hybridized carbons (Fsp3) is 0.462. The summed E-state index contributed by atoms with van der Waals surface area (Å²) in [6.45, 7) is 2.91. The molecule has 0 unspecified atom stereocenters. The highest BCUT2D eigenvalue weighted by Crippen LogP contribution is 2.42. The third kappa shape index (κ3) is 2.91. The van der Waals surface area contributed by atoms with Crippen LogP contribution in [0.25, 0.3) is 0 Å². The van der Waals surface area contributed by atoms with Crippen LogP contribution in [0.2, 0.25) is 0 Å². The van der Waals surface area contributed by atoms with Crippen molar-refractivity contribution in [1.82, 2.24) is 5.32 Å². The number of hydrogen-bond acceptors (Lipinski definition) is 5. The molecule has 2 aliphatic rings. The number of rotatable bonds is 2. The van der Waals surface area contributed by atoms with Gasteiger partial charge >= 0.3 is 6.29 Å². The number of carbonyl (C=O) groups is 1. The molecule has 3 rings (SSSR count). The van der Waals surface area contributed by atoms with E-state index in [1.54, 1.807) is 6.92 Å². The summed E-state index contributed by atoms with van der Waals surface area (Å²) in [5.74, 6) is -0.475. The van der Waals surface area contributed by atoms with Crippen LogP contribution < -0.4 is 20.1 Å². The van der Waals surface area contributed by atoms with E-state index >= 15 is 0 Å². The number of benzene rings is 1. The third-order valence-corrected chi connectivity index (χ3v) is 3.27. The minimum absolute atomic E-state index is 0.0644. The lowest BCUT2D eigenvalue weighted by molar-refractivity contribution is -0.286. The van der Waals surface area contributed by atoms with E-state index in [1.807, 2.05) is 0 Å². The summed E-state index contributed by atoms with van der Waals surface area (Å²) >= 11 is 0. The van der Waals surface area contributed by atoms with Crippen molar-refractivity contribution in [3.8, 4) is 11.5 Å². The van der Waals surface area contributed by atoms with E-state index in [4.69, 9.17) is 4.74 Å². The van der Waals surface area contributed by atoms with E-state index < -0.39 is 12.3 Å². The molecule has 0 radical (unpaired) electrons. The van der Waals surface area contributed by atoms with Gasteiger partial charge in [-0.25, -0.2) is 0 Å². The van der Waals surface area contributed by atoms with Crippen molar-refractivity contribution >= 4 is 11.6 Å². The van der Waals surface area contributed by atoms with E-state index in [9.17, 15) is 13.6 Å². The first-order chi connectivity index (χ1) is 9.94. The molecule has 21 heavy (non-hydrogen) atoms. The molecule has 0 saturated carbocycles. The molecule has 114 valence electrons. The lowest BCUT2D eigenvalue weighted by Gasteiger charge is -2.29. The van der Waals surface area contributed by atoms with Crippen molar-refractivity contribution in [2.45, 2.75) is 25.4 Å². The van der Waals surface area contributed by atoms with Crippen LogP contribution in [0.3, 0.4) is 0 Å². The van der Waals surface area contributed by atoms with Crippen LogP contribution >= 0.6 is 0 Å². The van der Waals surface area contributed by atoms with E-state index in [0.29, 0.717) is 18.8 Å². The van der Waals surface area contributed by atoms with Gasteiger partial charge in [0.15, 0.2) is 11.5 Å². The molecular formula is C13H14F2N2O4. The van der Waals surface area contributed by atoms with Crippen LogP contribution in [-0.4, -0.2) is 37.5 Å². The zero-order chi connectivity index (χ0) is 15.0. The SMILES string of the molecule is C[C@H]1OCCN[C@@H]1C(=O)Nc1ccc2c(c1)OC(F)(F)O2. The predicted octanol–water partition coefficient (Wildman–Crippen LogP) is 1.32. The predicted molar refractivity (Wildman–Crippen MR) is 68.5 cm³/mol. The summed E-state index contributed by atoms with van der Waals surface area (Å²) in [7, 11) is 0. The highest BCUT2D eigenvalue weighted by molar-refractivity contribution is 5.95. The summed E-state index contributed by atoms with van der Waals surface area (Å²) in [5, 5.41) is 5.68. The smallest absolute Gasteiger partial charge is 0.395 e. The Bertz CT molecular complexity index is 567. The molecule has 6 nitrogen and oxygen atoms in total. The Hall–Kier alpha value is -1.93. The lowest BCUT2D eigenvalue weighted by atomic mass is 10.1. The molecule has 0 spiro atoms. The normalized spacial score (nSPS) is 26.4. The molecule has 0 aromatic heterocycles. The highest BCUT2D eigenvalue weighted by atomic mass is 19.3. The molecular weight excluding hydrogens is 286 g/mol. The summed E-state index contributed by atoms with van der Waals surface area (Å²) in [6.07, 6.45) is -3.93. The Labute approximate surface area is 119 Å². The zero-order valence-electron chi connectivity index (χ0n) is 11.2. The first-order valence-electron chi connectivity index (χ1n) is 6.50. The highest BCUT2D eigenvalue weighted by Gasteiger charge is 2.43. The first kappa shape index (κ1) is 14.0. The van der Waals surface area contributed by atoms with Crippen LogP contribution in [0.1, 0.15) is 6.92 Å². The molecule has 2 N–H and O–H groups in total. The molecule has 1 aromatic carbocycles. The van der Waals surface area contributed by atoms with Gasteiger partial charge < -0.3 is 24.8 Å². The quantitative estimate of drug-likeness (QED) is 0.862. The average Bonchev–Trinajstić information content (AvgIpc) is 2.72. The number of carbonyl (C=O) groups excluding carboxylic acids is 1. The number of alkyl halides is 2. The number of ether oxygens (including phenoxy) is 3. The second kappa shape index (κ2) is 5.12. The van der Waals surface area contributed by atoms with Crippen LogP contribution in [-0.2, 0) is 9.53 Å². The van der Waals surface area contributed by atoms with Gasteiger partial charge in [-0.3, -0.25) is 4.79 Å². The topological polar surface area (TPSA) is 68.8 Å². The molecule has 0 bridgehead atoms. The van der Waals surface area contributed by atoms with Crippen molar-refractivity contribution in [3.63, 3.8) is 0 Å². The van der Waals surface area contributed by atoms with Gasteiger partial charge in [-0.15, -0.1) is 8.78 Å². The van der Waals surface area contributed by atoms with Gasteiger partial charge in [0.05, 0.1) is 12.7 Å². The Morgan fingerprint density at radius 2 is 2.14 bits per heavy atom. The van der Waals surface area contributed by atoms with Crippen molar-refractivity contribution in [1.29, 1.82) is 0 Å². The summed E-state index contributed by atoms with van der Waals surface area (Å²) in [6, 6.07) is 3.59. The van der Waals surface area contributed by atoms with Crippen LogP contribution in [0.4, 0.5) is 14.5 Å². The van der Waals surface area contributed by atoms with Crippen LogP contribution in [0.15, 0.2) is 18.2 Å². The van der Waals surface area contributed by atoms with Crippen molar-refractivity contribution in [2.75, 3.05) is 18.5 Å². The number of anilines is 1. The molecule has 2 heterocycles. The zero-order valence-corrected chi connectivity index (χ0v) is 11.2. The van der Waals surface area contributed by atoms with Crippen molar-refractivity contribution < 1.29 is 27.8 Å². The van der Waals surface area contributed by atoms with Gasteiger partial charge in [0.1, 0.15) is 6.04 Å². The number of halogens is 2. The van der Waals surface area contributed by atoms with Crippen molar-refractivity contribution in [3.05, 3.63) is 18.2 Å². The van der Waals surface area contributed by atoms with Gasteiger partial charge in [-0.2, -0.15) is 0 Å². The third-order valence-electron chi connectivity index (χ3n) is 3.27. The van der Waals surface area contributed by atoms with Gasteiger partial charge in [-0.05, 0) is 19.1 Å². The van der Waals surface area contributed by atoms with Gasteiger partial charge in [0.25, 0.3) is 0 Å². The van der Waals surface area contributed by atoms with Crippen LogP contribution in [0.5, 0.6) is 11.5 Å². The van der Waals surface area contributed by atoms with Crippen molar-refractivity contribution in [2.24, 2.45) is 0 Å². The van der Waals surface area contributed by atoms with Crippen LogP contribution in [0, 0.1) is 0 Å². The molecule has 1 saturated heterocycles. The fourth-order valence-electron chi connectivity index (χ4n) is 2.27. The Morgan fingerprint density at radius 1 is 1.38 bits per heavy atom. The maximum atomic E-state index is 12.9. The number of amides is 1. The molecule has 2 aliphatic heterocycles. The lowest BCUT2D eigenvalue weighted by Crippen LogP contribution is -2.53. The van der Waals surface area contributed by atoms with E-state index in [-0.39, 0.29) is 23.5 Å². The second-order valence-corrected chi connectivity index (χ2v) is 4.83. The molecule has 1 fully saturated rings. The standard InChI is InChI=1S/C13H14F2N2O4/c1-7-11(16-4-5-19-7)12(18)17-8-2-3-9-10(6-8)21-13(14,15)20-9/h2-3,6-7,11,16H,4-5H2,1H3,(H,17,18)/t7-,11+/m1/s1. The summed E-state index contributed by atoms with van der Waals surface area (Å²) < 4.78 is 39.8. The van der Waals surface area contributed by atoms with E-state index in [2.05, 4.69) is 20.1 Å². The van der Waals surface area contributed by atoms with E-state index in [1.165, 1.54) is 18.2 Å². The molecule has 8 heteroatoms. The maximum absolute atomic E-state index is 12.9. The Balaban J connectivity index is 1.70. The maximum Gasteiger partial charge on any atom is 0.586 e. The number of morpholine rings is 1. The van der Waals surface area contributed by atoms with Gasteiger partial charge in [-0.1, -0.05) is 0 Å². The van der Waals surface area contributed by atoms with Gasteiger partial charge in [0.2, 0.25) is 5.91 Å². The number of fused-ring (bicyclic) bond motifs is 1. The summed E-state index contributed by atoms with van der Waals surface area (Å²) in [4.78, 5) is 12.1. The summed E-state index contributed by atoms with van der Waals surface area (Å²) in [5.41, 5.74) is 0.347. The number of hydrogen-bond donors (Lipinski definition) is 2. The molecule has 1 amide bonds. The monoisotopic (exact) mass is 300 g/mol. The minimum atomic E-state index is -3.67. The molecule has 2 atom stereocenters. The first-order valence-corrected chi connectivity index (χ1v) is 6.50. The Morgan fingerprint density at radius 3 is 2.90 bits per heavy atom. The average molecular weight is 300 g/mol. The Kier molecular flexibility index (Phi) is 3.42. The molecule has 1 aromatic rings. The van der Waals surface area contributed by atoms with E-state index in [0.717, 1.165) is 0 Å². The largest absolute Gasteiger partial charge is 0.586 e. The number of nitrogens with one attached hydrogen (secondary N) is 2.